The predicted molar refractivity (Wildman–Crippen MR) is 114 cm³/mol. The third-order valence-electron chi connectivity index (χ3n) is 5.24. The quantitative estimate of drug-likeness (QED) is 0.556. The van der Waals surface area contributed by atoms with Gasteiger partial charge in [0.05, 0.1) is 24.6 Å². The molecule has 0 spiro atoms. The number of amides is 1. The van der Waals surface area contributed by atoms with Gasteiger partial charge in [-0.3, -0.25) is 9.36 Å². The van der Waals surface area contributed by atoms with E-state index < -0.39 is 5.54 Å². The fraction of sp³-hybridized carbons (Fsp3) is 0.364. The molecule has 4 rings (SSSR count). The van der Waals surface area contributed by atoms with Gasteiger partial charge in [0.1, 0.15) is 11.3 Å². The Hall–Kier alpha value is -3.05. The Balaban J connectivity index is 1.54. The van der Waals surface area contributed by atoms with Gasteiger partial charge in [0.15, 0.2) is 11.0 Å². The van der Waals surface area contributed by atoms with Crippen LogP contribution in [0.1, 0.15) is 31.1 Å². The first-order valence-corrected chi connectivity index (χ1v) is 10.8. The number of hydrogen-bond acceptors (Lipinski definition) is 6. The van der Waals surface area contributed by atoms with Crippen molar-refractivity contribution in [1.29, 1.82) is 5.26 Å². The highest BCUT2D eigenvalue weighted by Crippen LogP contribution is 2.39. The Morgan fingerprint density at radius 2 is 2.20 bits per heavy atom. The van der Waals surface area contributed by atoms with Crippen molar-refractivity contribution in [2.24, 2.45) is 5.92 Å². The molecule has 0 radical (unpaired) electrons. The van der Waals surface area contributed by atoms with Gasteiger partial charge < -0.3 is 9.73 Å². The van der Waals surface area contributed by atoms with Crippen LogP contribution >= 0.6 is 11.8 Å². The topological polar surface area (TPSA) is 96.7 Å². The number of nitriles is 1. The van der Waals surface area contributed by atoms with E-state index in [1.165, 1.54) is 11.8 Å². The van der Waals surface area contributed by atoms with Crippen molar-refractivity contribution in [3.8, 4) is 17.5 Å². The SMILES string of the molecule is Cc1cccc(-c2nnc(SCC(=O)NC(C)(C#N)C3CC3)n2Cc2ccco2)c1. The van der Waals surface area contributed by atoms with E-state index in [1.807, 2.05) is 41.8 Å². The van der Waals surface area contributed by atoms with Gasteiger partial charge in [-0.2, -0.15) is 5.26 Å². The number of aromatic nitrogens is 3. The summed E-state index contributed by atoms with van der Waals surface area (Å²) < 4.78 is 7.47. The van der Waals surface area contributed by atoms with Crippen LogP contribution in [0.25, 0.3) is 11.4 Å². The molecule has 1 aromatic carbocycles. The number of nitrogens with zero attached hydrogens (tertiary/aromatic N) is 4. The Kier molecular flexibility index (Phi) is 5.64. The number of carbonyl (C=O) groups is 1. The highest BCUT2D eigenvalue weighted by atomic mass is 32.2. The standard InChI is InChI=1S/C22H23N5O2S/c1-15-5-3-6-16(11-15)20-25-26-21(27(20)12-18-7-4-10-29-18)30-13-19(28)24-22(2,14-23)17-8-9-17/h3-7,10-11,17H,8-9,12-13H2,1-2H3,(H,24,28). The molecule has 1 atom stereocenters. The second-order valence-electron chi connectivity index (χ2n) is 7.77. The van der Waals surface area contributed by atoms with Gasteiger partial charge in [0.25, 0.3) is 0 Å². The lowest BCUT2D eigenvalue weighted by Crippen LogP contribution is -2.47. The van der Waals surface area contributed by atoms with Crippen molar-refractivity contribution < 1.29 is 9.21 Å². The average Bonchev–Trinajstić information content (AvgIpc) is 3.34. The van der Waals surface area contributed by atoms with Gasteiger partial charge in [-0.15, -0.1) is 10.2 Å². The van der Waals surface area contributed by atoms with E-state index in [1.54, 1.807) is 13.2 Å². The third-order valence-corrected chi connectivity index (χ3v) is 6.21. The number of rotatable bonds is 8. The van der Waals surface area contributed by atoms with Gasteiger partial charge in [-0.25, -0.2) is 0 Å². The largest absolute Gasteiger partial charge is 0.467 e. The van der Waals surface area contributed by atoms with E-state index in [4.69, 9.17) is 4.42 Å². The molecule has 3 aromatic rings. The lowest BCUT2D eigenvalue weighted by molar-refractivity contribution is -0.119. The zero-order valence-corrected chi connectivity index (χ0v) is 17.8. The Labute approximate surface area is 179 Å². The van der Waals surface area contributed by atoms with Crippen LogP contribution in [-0.4, -0.2) is 32.0 Å². The van der Waals surface area contributed by atoms with Crippen molar-refractivity contribution in [1.82, 2.24) is 20.1 Å². The second-order valence-corrected chi connectivity index (χ2v) is 8.71. The number of furan rings is 1. The molecule has 0 bridgehead atoms. The highest BCUT2D eigenvalue weighted by Gasteiger charge is 2.43. The molecule has 1 saturated carbocycles. The summed E-state index contributed by atoms with van der Waals surface area (Å²) in [4.78, 5) is 12.5. The van der Waals surface area contributed by atoms with E-state index in [9.17, 15) is 10.1 Å². The first-order valence-electron chi connectivity index (χ1n) is 9.86. The number of carbonyl (C=O) groups excluding carboxylic acids is 1. The molecular weight excluding hydrogens is 398 g/mol. The van der Waals surface area contributed by atoms with Gasteiger partial charge in [0, 0.05) is 5.56 Å². The van der Waals surface area contributed by atoms with Crippen molar-refractivity contribution >= 4 is 17.7 Å². The molecule has 30 heavy (non-hydrogen) atoms. The van der Waals surface area contributed by atoms with E-state index >= 15 is 0 Å². The Morgan fingerprint density at radius 1 is 1.37 bits per heavy atom. The van der Waals surface area contributed by atoms with E-state index in [0.29, 0.717) is 11.7 Å². The highest BCUT2D eigenvalue weighted by molar-refractivity contribution is 7.99. The molecule has 1 N–H and O–H groups in total. The molecule has 0 saturated heterocycles. The van der Waals surface area contributed by atoms with Gasteiger partial charge >= 0.3 is 0 Å². The molecule has 1 unspecified atom stereocenters. The van der Waals surface area contributed by atoms with Gasteiger partial charge in [0.2, 0.25) is 5.91 Å². The first-order chi connectivity index (χ1) is 14.5. The number of benzene rings is 1. The normalized spacial score (nSPS) is 15.4. The third kappa shape index (κ3) is 4.41. The lowest BCUT2D eigenvalue weighted by atomic mass is 9.98. The summed E-state index contributed by atoms with van der Waals surface area (Å²) in [5.41, 5.74) is 1.28. The molecule has 0 aliphatic heterocycles. The van der Waals surface area contributed by atoms with Crippen LogP contribution in [0.15, 0.2) is 52.2 Å². The minimum Gasteiger partial charge on any atom is -0.467 e. The van der Waals surface area contributed by atoms with E-state index in [0.717, 1.165) is 35.6 Å². The predicted octanol–water partition coefficient (Wildman–Crippen LogP) is 3.80. The lowest BCUT2D eigenvalue weighted by Gasteiger charge is -2.22. The van der Waals surface area contributed by atoms with Crippen molar-refractivity contribution in [2.75, 3.05) is 5.75 Å². The van der Waals surface area contributed by atoms with Gasteiger partial charge in [-0.05, 0) is 50.8 Å². The van der Waals surface area contributed by atoms with Crippen LogP contribution in [0.2, 0.25) is 0 Å². The maximum Gasteiger partial charge on any atom is 0.231 e. The van der Waals surface area contributed by atoms with Crippen molar-refractivity contribution in [3.05, 3.63) is 54.0 Å². The number of thioether (sulfide) groups is 1. The fourth-order valence-electron chi connectivity index (χ4n) is 3.43. The maximum absolute atomic E-state index is 12.5. The molecule has 2 aromatic heterocycles. The monoisotopic (exact) mass is 421 g/mol. The fourth-order valence-corrected chi connectivity index (χ4v) is 4.17. The van der Waals surface area contributed by atoms with Crippen LogP contribution in [0.5, 0.6) is 0 Å². The maximum atomic E-state index is 12.5. The summed E-state index contributed by atoms with van der Waals surface area (Å²) in [5, 5.41) is 21.7. The molecular formula is C22H23N5O2S. The molecule has 2 heterocycles. The molecule has 1 fully saturated rings. The van der Waals surface area contributed by atoms with Crippen LogP contribution in [0.4, 0.5) is 0 Å². The Bertz CT molecular complexity index is 1080. The van der Waals surface area contributed by atoms with Crippen molar-refractivity contribution in [2.45, 2.75) is 43.9 Å². The number of hydrogen-bond donors (Lipinski definition) is 1. The van der Waals surface area contributed by atoms with Crippen LogP contribution in [0, 0.1) is 24.2 Å². The van der Waals surface area contributed by atoms with Crippen molar-refractivity contribution in [3.63, 3.8) is 0 Å². The zero-order valence-electron chi connectivity index (χ0n) is 17.0. The van der Waals surface area contributed by atoms with E-state index in [2.05, 4.69) is 27.6 Å². The molecule has 7 nitrogen and oxygen atoms in total. The summed E-state index contributed by atoms with van der Waals surface area (Å²) in [6, 6.07) is 14.1. The number of aryl methyl sites for hydroxylation is 1. The zero-order chi connectivity index (χ0) is 21.1. The summed E-state index contributed by atoms with van der Waals surface area (Å²) in [6.07, 6.45) is 3.59. The summed E-state index contributed by atoms with van der Waals surface area (Å²) >= 11 is 1.31. The average molecular weight is 422 g/mol. The molecule has 1 amide bonds. The van der Waals surface area contributed by atoms with Crippen LogP contribution in [-0.2, 0) is 11.3 Å². The molecule has 154 valence electrons. The minimum atomic E-state index is -0.799. The molecule has 1 aliphatic rings. The summed E-state index contributed by atoms with van der Waals surface area (Å²) in [6.45, 7) is 4.29. The minimum absolute atomic E-state index is 0.161. The van der Waals surface area contributed by atoms with Crippen LogP contribution in [0.3, 0.4) is 0 Å². The number of nitrogens with one attached hydrogen (secondary N) is 1. The second kappa shape index (κ2) is 8.36. The van der Waals surface area contributed by atoms with Gasteiger partial charge in [-0.1, -0.05) is 35.5 Å². The summed E-state index contributed by atoms with van der Waals surface area (Å²) in [7, 11) is 0. The molecule has 1 aliphatic carbocycles. The van der Waals surface area contributed by atoms with Crippen LogP contribution < -0.4 is 5.32 Å². The molecule has 8 heteroatoms. The first kappa shape index (κ1) is 20.2. The Morgan fingerprint density at radius 3 is 2.87 bits per heavy atom. The van der Waals surface area contributed by atoms with E-state index in [-0.39, 0.29) is 17.6 Å². The smallest absolute Gasteiger partial charge is 0.231 e. The summed E-state index contributed by atoms with van der Waals surface area (Å²) in [5.74, 6) is 1.72.